The lowest BCUT2D eigenvalue weighted by Crippen LogP contribution is -2.51. The third-order valence-corrected chi connectivity index (χ3v) is 9.61. The normalized spacial score (nSPS) is 34.7. The summed E-state index contributed by atoms with van der Waals surface area (Å²) in [6.07, 6.45) is 7.45. The molecule has 0 saturated carbocycles. The number of rotatable bonds is 11. The number of carbonyl (C=O) groups is 2. The van der Waals surface area contributed by atoms with E-state index >= 15 is 0 Å². The van der Waals surface area contributed by atoms with Crippen LogP contribution in [0.3, 0.4) is 0 Å². The Labute approximate surface area is 280 Å². The first kappa shape index (κ1) is 38.9. The van der Waals surface area contributed by atoms with Crippen molar-refractivity contribution in [1.29, 1.82) is 0 Å². The van der Waals surface area contributed by atoms with Gasteiger partial charge in [-0.3, -0.25) is 9.69 Å². The minimum atomic E-state index is -1.49. The summed E-state index contributed by atoms with van der Waals surface area (Å²) in [5, 5.41) is 43.1. The van der Waals surface area contributed by atoms with Gasteiger partial charge in [-0.15, -0.1) is 6.58 Å². The number of piperazine rings is 1. The van der Waals surface area contributed by atoms with Crippen LogP contribution in [0.5, 0.6) is 0 Å². The van der Waals surface area contributed by atoms with Crippen molar-refractivity contribution in [3.05, 3.63) is 48.6 Å². The van der Waals surface area contributed by atoms with Gasteiger partial charge < -0.3 is 39.5 Å². The maximum Gasteiger partial charge on any atom is 0.410 e. The summed E-state index contributed by atoms with van der Waals surface area (Å²) >= 11 is 0. The molecule has 0 aromatic rings. The van der Waals surface area contributed by atoms with Crippen LogP contribution in [0.1, 0.15) is 73.6 Å². The van der Waals surface area contributed by atoms with Gasteiger partial charge in [0.1, 0.15) is 11.7 Å². The van der Waals surface area contributed by atoms with Crippen molar-refractivity contribution in [3.63, 3.8) is 0 Å². The average Bonchev–Trinajstić information content (AvgIpc) is 3.77. The molecule has 3 aliphatic heterocycles. The maximum absolute atomic E-state index is 13.2. The van der Waals surface area contributed by atoms with E-state index in [0.29, 0.717) is 44.6 Å². The molecule has 0 aliphatic carbocycles. The highest BCUT2D eigenvalue weighted by atomic mass is 16.6. The van der Waals surface area contributed by atoms with Crippen molar-refractivity contribution in [2.24, 2.45) is 11.8 Å². The lowest BCUT2D eigenvalue weighted by Gasteiger charge is -2.37. The van der Waals surface area contributed by atoms with Crippen LogP contribution in [0.25, 0.3) is 0 Å². The fraction of sp³-hybridized carbons (Fsp3) is 0.722. The third-order valence-electron chi connectivity index (χ3n) is 9.61. The molecule has 47 heavy (non-hydrogen) atoms. The Morgan fingerprint density at radius 1 is 1.28 bits per heavy atom. The average molecular weight is 663 g/mol. The number of aliphatic hydroxyl groups is 4. The first-order valence-electron chi connectivity index (χ1n) is 17.1. The fourth-order valence-electron chi connectivity index (χ4n) is 6.28. The Morgan fingerprint density at radius 3 is 2.60 bits per heavy atom. The summed E-state index contributed by atoms with van der Waals surface area (Å²) in [7, 11) is 0. The predicted molar refractivity (Wildman–Crippen MR) is 179 cm³/mol. The topological polar surface area (TPSA) is 153 Å². The van der Waals surface area contributed by atoms with Crippen molar-refractivity contribution in [2.45, 2.75) is 121 Å². The molecule has 4 N–H and O–H groups in total. The van der Waals surface area contributed by atoms with E-state index in [-0.39, 0.29) is 43.3 Å². The molecule has 0 aromatic carbocycles. The molecule has 3 heterocycles. The zero-order chi connectivity index (χ0) is 34.9. The number of carbonyl (C=O) groups excluding carboxylic acids is 2. The predicted octanol–water partition coefficient (Wildman–Crippen LogP) is 3.51. The minimum absolute atomic E-state index is 0.0132. The lowest BCUT2D eigenvalue weighted by atomic mass is 9.88. The van der Waals surface area contributed by atoms with Gasteiger partial charge in [0.25, 0.3) is 0 Å². The minimum Gasteiger partial charge on any atom is -0.457 e. The molecule has 11 heteroatoms. The van der Waals surface area contributed by atoms with Crippen molar-refractivity contribution < 1.29 is 44.2 Å². The molecule has 3 aliphatic rings. The van der Waals surface area contributed by atoms with Crippen LogP contribution in [0, 0.1) is 11.8 Å². The number of ether oxygens (including phenoxy) is 3. The first-order chi connectivity index (χ1) is 22.1. The van der Waals surface area contributed by atoms with Crippen LogP contribution in [0.15, 0.2) is 48.6 Å². The summed E-state index contributed by atoms with van der Waals surface area (Å²) in [6, 6.07) is 0. The van der Waals surface area contributed by atoms with Crippen LogP contribution in [-0.4, -0.2) is 123 Å². The SMILES string of the molecule is C=CCN1CCN(C(=O)OC2/C=C/C(C)C(/C(C)=C/C=C/C(C)(O)CC3OC3C(C)C(O)CC)OC(=O)CC(O)CCC2(C)O)CC1. The van der Waals surface area contributed by atoms with Gasteiger partial charge in [0, 0.05) is 51.0 Å². The summed E-state index contributed by atoms with van der Waals surface area (Å²) in [5.41, 5.74) is -1.95. The van der Waals surface area contributed by atoms with E-state index < -0.39 is 47.7 Å². The fourth-order valence-corrected chi connectivity index (χ4v) is 6.28. The molecule has 3 rings (SSSR count). The standard InChI is InChI=1S/C36H58N2O9/c1-8-17-37-18-20-38(21-19-37)34(42)46-30-13-12-25(4)32(47-31(41)22-27(39)14-16-36(30,7)44)24(3)11-10-15-35(6,43)23-29-33(45-29)26(5)28(40)9-2/h8,10-13,15,25-30,32-33,39-40,43-44H,1,9,14,16-23H2,2-7H3/b13-12+,15-10+,24-11+. The number of esters is 1. The Bertz CT molecular complexity index is 1140. The smallest absolute Gasteiger partial charge is 0.410 e. The Kier molecular flexibility index (Phi) is 14.3. The largest absolute Gasteiger partial charge is 0.457 e. The highest BCUT2D eigenvalue weighted by Gasteiger charge is 2.47. The van der Waals surface area contributed by atoms with E-state index in [1.165, 1.54) is 0 Å². The van der Waals surface area contributed by atoms with Gasteiger partial charge in [-0.2, -0.15) is 0 Å². The molecule has 266 valence electrons. The van der Waals surface area contributed by atoms with Gasteiger partial charge in [-0.25, -0.2) is 4.79 Å². The Hall–Kier alpha value is -2.54. The highest BCUT2D eigenvalue weighted by Crippen LogP contribution is 2.37. The summed E-state index contributed by atoms with van der Waals surface area (Å²) in [6.45, 7) is 17.7. The quantitative estimate of drug-likeness (QED) is 0.112. The number of epoxide rings is 1. The van der Waals surface area contributed by atoms with Gasteiger partial charge in [-0.05, 0) is 51.7 Å². The number of hydrogen-bond donors (Lipinski definition) is 4. The number of cyclic esters (lactones) is 1. The van der Waals surface area contributed by atoms with Gasteiger partial charge in [-0.1, -0.05) is 51.2 Å². The van der Waals surface area contributed by atoms with E-state index in [4.69, 9.17) is 14.2 Å². The molecule has 0 spiro atoms. The lowest BCUT2D eigenvalue weighted by molar-refractivity contribution is -0.151. The third kappa shape index (κ3) is 11.8. The number of nitrogens with zero attached hydrogens (tertiary/aromatic N) is 2. The molecule has 10 atom stereocenters. The van der Waals surface area contributed by atoms with Gasteiger partial charge in [0.15, 0.2) is 6.10 Å². The molecule has 10 unspecified atom stereocenters. The molecular formula is C36H58N2O9. The van der Waals surface area contributed by atoms with Gasteiger partial charge >= 0.3 is 12.1 Å². The first-order valence-corrected chi connectivity index (χ1v) is 17.1. The molecule has 1 amide bonds. The highest BCUT2D eigenvalue weighted by molar-refractivity contribution is 5.70. The second-order valence-electron chi connectivity index (χ2n) is 14.1. The van der Waals surface area contributed by atoms with E-state index in [9.17, 15) is 30.0 Å². The van der Waals surface area contributed by atoms with Gasteiger partial charge in [0.05, 0.1) is 36.4 Å². The van der Waals surface area contributed by atoms with Crippen LogP contribution in [-0.2, 0) is 19.0 Å². The number of hydrogen-bond acceptors (Lipinski definition) is 10. The number of allylic oxidation sites excluding steroid dienone is 2. The number of amides is 1. The van der Waals surface area contributed by atoms with Crippen LogP contribution < -0.4 is 0 Å². The zero-order valence-corrected chi connectivity index (χ0v) is 29.1. The Morgan fingerprint density at radius 2 is 1.96 bits per heavy atom. The van der Waals surface area contributed by atoms with E-state index in [2.05, 4.69) is 11.5 Å². The molecule has 0 bridgehead atoms. The Balaban J connectivity index is 1.73. The summed E-state index contributed by atoms with van der Waals surface area (Å²) in [5.74, 6) is -0.960. The molecule has 2 fully saturated rings. The van der Waals surface area contributed by atoms with Crippen LogP contribution in [0.2, 0.25) is 0 Å². The van der Waals surface area contributed by atoms with E-state index in [1.54, 1.807) is 49.1 Å². The van der Waals surface area contributed by atoms with Crippen molar-refractivity contribution in [2.75, 3.05) is 32.7 Å². The van der Waals surface area contributed by atoms with Crippen molar-refractivity contribution in [3.8, 4) is 0 Å². The van der Waals surface area contributed by atoms with Crippen molar-refractivity contribution in [1.82, 2.24) is 9.80 Å². The number of aliphatic hydroxyl groups excluding tert-OH is 2. The second kappa shape index (κ2) is 17.2. The van der Waals surface area contributed by atoms with Crippen LogP contribution >= 0.6 is 0 Å². The molecule has 0 radical (unpaired) electrons. The monoisotopic (exact) mass is 662 g/mol. The molecule has 0 aromatic heterocycles. The summed E-state index contributed by atoms with van der Waals surface area (Å²) < 4.78 is 17.5. The molecule has 2 saturated heterocycles. The zero-order valence-electron chi connectivity index (χ0n) is 29.1. The molecule has 11 nitrogen and oxygen atoms in total. The van der Waals surface area contributed by atoms with E-state index in [1.807, 2.05) is 33.8 Å². The maximum atomic E-state index is 13.2. The van der Waals surface area contributed by atoms with Gasteiger partial charge in [0.2, 0.25) is 0 Å². The summed E-state index contributed by atoms with van der Waals surface area (Å²) in [4.78, 5) is 29.8. The van der Waals surface area contributed by atoms with E-state index in [0.717, 1.165) is 6.54 Å². The molecular weight excluding hydrogens is 604 g/mol. The van der Waals surface area contributed by atoms with Crippen LogP contribution in [0.4, 0.5) is 4.79 Å². The second-order valence-corrected chi connectivity index (χ2v) is 14.1. The van der Waals surface area contributed by atoms with Crippen molar-refractivity contribution >= 4 is 12.1 Å².